The Labute approximate surface area is 180 Å². The second kappa shape index (κ2) is 10.1. The molecule has 0 atom stereocenters. The van der Waals surface area contributed by atoms with Gasteiger partial charge in [-0.1, -0.05) is 29.8 Å². The van der Waals surface area contributed by atoms with Crippen molar-refractivity contribution in [2.24, 2.45) is 0 Å². The van der Waals surface area contributed by atoms with Gasteiger partial charge in [-0.25, -0.2) is 4.79 Å². The number of ether oxygens (including phenoxy) is 2. The minimum atomic E-state index is -0.718. The zero-order valence-electron chi connectivity index (χ0n) is 17.2. The van der Waals surface area contributed by atoms with Crippen molar-refractivity contribution < 1.29 is 23.9 Å². The van der Waals surface area contributed by atoms with Gasteiger partial charge in [0.1, 0.15) is 5.75 Å². The highest BCUT2D eigenvalue weighted by atomic mass is 16.5. The molecule has 0 saturated carbocycles. The number of amides is 2. The summed E-state index contributed by atoms with van der Waals surface area (Å²) < 4.78 is 10.2. The minimum Gasteiger partial charge on any atom is -0.497 e. The molecule has 31 heavy (non-hydrogen) atoms. The monoisotopic (exact) mass is 418 g/mol. The van der Waals surface area contributed by atoms with Crippen molar-refractivity contribution in [2.45, 2.75) is 6.92 Å². The lowest BCUT2D eigenvalue weighted by molar-refractivity contribution is -0.119. The molecule has 3 aromatic carbocycles. The number of carbonyl (C=O) groups excluding carboxylic acids is 3. The standard InChI is InChI=1S/C24H22N2O5/c1-16-6-5-7-17(14-16)23(28)26-21-9-4-3-8-20(21)24(29)31-15-22(27)25-18-10-12-19(30-2)13-11-18/h3-14H,15H2,1-2H3,(H,25,27)(H,26,28). The molecule has 2 amide bonds. The van der Waals surface area contributed by atoms with Gasteiger partial charge < -0.3 is 20.1 Å². The average Bonchev–Trinajstić information content (AvgIpc) is 2.78. The van der Waals surface area contributed by atoms with E-state index in [1.807, 2.05) is 13.0 Å². The number of methoxy groups -OCH3 is 1. The Morgan fingerprint density at radius 2 is 1.61 bits per heavy atom. The summed E-state index contributed by atoms with van der Waals surface area (Å²) in [6, 6.07) is 20.3. The highest BCUT2D eigenvalue weighted by Gasteiger charge is 2.16. The molecule has 0 bridgehead atoms. The molecule has 0 saturated heterocycles. The van der Waals surface area contributed by atoms with Gasteiger partial charge >= 0.3 is 5.97 Å². The fraction of sp³-hybridized carbons (Fsp3) is 0.125. The maximum atomic E-state index is 12.5. The molecule has 7 heteroatoms. The van der Waals surface area contributed by atoms with Crippen LogP contribution in [0, 0.1) is 6.92 Å². The van der Waals surface area contributed by atoms with E-state index in [2.05, 4.69) is 10.6 Å². The number of hydrogen-bond donors (Lipinski definition) is 2. The van der Waals surface area contributed by atoms with Crippen molar-refractivity contribution in [2.75, 3.05) is 24.4 Å². The zero-order valence-corrected chi connectivity index (χ0v) is 17.2. The van der Waals surface area contributed by atoms with Crippen LogP contribution in [0.1, 0.15) is 26.3 Å². The van der Waals surface area contributed by atoms with E-state index in [-0.39, 0.29) is 11.5 Å². The van der Waals surface area contributed by atoms with Gasteiger partial charge in [-0.3, -0.25) is 9.59 Å². The summed E-state index contributed by atoms with van der Waals surface area (Å²) in [7, 11) is 1.55. The molecule has 0 heterocycles. The third-order valence-electron chi connectivity index (χ3n) is 4.38. The number of carbonyl (C=O) groups is 3. The third-order valence-corrected chi connectivity index (χ3v) is 4.38. The summed E-state index contributed by atoms with van der Waals surface area (Å²) in [5.74, 6) is -0.889. The molecule has 0 aliphatic rings. The van der Waals surface area contributed by atoms with Crippen LogP contribution in [-0.2, 0) is 9.53 Å². The lowest BCUT2D eigenvalue weighted by Crippen LogP contribution is -2.22. The normalized spacial score (nSPS) is 10.1. The summed E-state index contributed by atoms with van der Waals surface area (Å²) in [4.78, 5) is 37.1. The number of para-hydroxylation sites is 1. The van der Waals surface area contributed by atoms with E-state index in [1.165, 1.54) is 6.07 Å². The van der Waals surface area contributed by atoms with E-state index < -0.39 is 18.5 Å². The molecule has 3 aromatic rings. The van der Waals surface area contributed by atoms with Crippen LogP contribution in [0.25, 0.3) is 0 Å². The molecule has 0 spiro atoms. The maximum Gasteiger partial charge on any atom is 0.340 e. The molecular formula is C24H22N2O5. The van der Waals surface area contributed by atoms with Crippen LogP contribution in [0.3, 0.4) is 0 Å². The predicted octanol–water partition coefficient (Wildman–Crippen LogP) is 4.05. The van der Waals surface area contributed by atoms with Crippen LogP contribution in [-0.4, -0.2) is 31.5 Å². The number of hydrogen-bond acceptors (Lipinski definition) is 5. The summed E-state index contributed by atoms with van der Waals surface area (Å²) in [6.07, 6.45) is 0. The van der Waals surface area contributed by atoms with Gasteiger partial charge in [0, 0.05) is 11.3 Å². The quantitative estimate of drug-likeness (QED) is 0.565. The van der Waals surface area contributed by atoms with Crippen LogP contribution in [0.2, 0.25) is 0 Å². The summed E-state index contributed by atoms with van der Waals surface area (Å²) >= 11 is 0. The molecule has 0 unspecified atom stereocenters. The Morgan fingerprint density at radius 1 is 0.871 bits per heavy atom. The van der Waals surface area contributed by atoms with Crippen molar-refractivity contribution in [1.29, 1.82) is 0 Å². The molecule has 2 N–H and O–H groups in total. The second-order valence-electron chi connectivity index (χ2n) is 6.72. The van der Waals surface area contributed by atoms with E-state index in [1.54, 1.807) is 67.8 Å². The lowest BCUT2D eigenvalue weighted by atomic mass is 10.1. The van der Waals surface area contributed by atoms with Gasteiger partial charge in [0.2, 0.25) is 0 Å². The highest BCUT2D eigenvalue weighted by molar-refractivity contribution is 6.08. The first-order chi connectivity index (χ1) is 15.0. The zero-order chi connectivity index (χ0) is 22.2. The van der Waals surface area contributed by atoms with Crippen LogP contribution in [0.15, 0.2) is 72.8 Å². The van der Waals surface area contributed by atoms with Crippen LogP contribution in [0.5, 0.6) is 5.75 Å². The molecule has 0 radical (unpaired) electrons. The van der Waals surface area contributed by atoms with E-state index in [0.717, 1.165) is 5.56 Å². The van der Waals surface area contributed by atoms with Crippen LogP contribution in [0.4, 0.5) is 11.4 Å². The van der Waals surface area contributed by atoms with Gasteiger partial charge in [0.25, 0.3) is 11.8 Å². The average molecular weight is 418 g/mol. The van der Waals surface area contributed by atoms with Gasteiger partial charge in [0.05, 0.1) is 18.4 Å². The van der Waals surface area contributed by atoms with E-state index >= 15 is 0 Å². The number of aryl methyl sites for hydroxylation is 1. The van der Waals surface area contributed by atoms with E-state index in [0.29, 0.717) is 22.7 Å². The number of anilines is 2. The first-order valence-corrected chi connectivity index (χ1v) is 9.54. The third kappa shape index (κ3) is 5.93. The fourth-order valence-electron chi connectivity index (χ4n) is 2.83. The molecule has 7 nitrogen and oxygen atoms in total. The molecule has 158 valence electrons. The minimum absolute atomic E-state index is 0.153. The van der Waals surface area contributed by atoms with Crippen molar-refractivity contribution in [1.82, 2.24) is 0 Å². The molecule has 3 rings (SSSR count). The van der Waals surface area contributed by atoms with Gasteiger partial charge in [-0.05, 0) is 55.5 Å². The largest absolute Gasteiger partial charge is 0.497 e. The fourth-order valence-corrected chi connectivity index (χ4v) is 2.83. The van der Waals surface area contributed by atoms with Crippen molar-refractivity contribution >= 4 is 29.2 Å². The number of nitrogens with one attached hydrogen (secondary N) is 2. The molecule has 0 aromatic heterocycles. The Kier molecular flexibility index (Phi) is 7.01. The molecule has 0 aliphatic carbocycles. The first-order valence-electron chi connectivity index (χ1n) is 9.54. The summed E-state index contributed by atoms with van der Waals surface area (Å²) in [5.41, 5.74) is 2.42. The molecule has 0 aliphatic heterocycles. The van der Waals surface area contributed by atoms with E-state index in [9.17, 15) is 14.4 Å². The van der Waals surface area contributed by atoms with E-state index in [4.69, 9.17) is 9.47 Å². The van der Waals surface area contributed by atoms with Gasteiger partial charge in [-0.15, -0.1) is 0 Å². The van der Waals surface area contributed by atoms with Crippen molar-refractivity contribution in [3.8, 4) is 5.75 Å². The van der Waals surface area contributed by atoms with Gasteiger partial charge in [0.15, 0.2) is 6.61 Å². The number of benzene rings is 3. The Morgan fingerprint density at radius 3 is 2.32 bits per heavy atom. The first kappa shape index (κ1) is 21.6. The smallest absolute Gasteiger partial charge is 0.340 e. The Hall–Kier alpha value is -4.13. The number of esters is 1. The maximum absolute atomic E-state index is 12.5. The van der Waals surface area contributed by atoms with Crippen molar-refractivity contribution in [3.63, 3.8) is 0 Å². The topological polar surface area (TPSA) is 93.7 Å². The predicted molar refractivity (Wildman–Crippen MR) is 117 cm³/mol. The summed E-state index contributed by atoms with van der Waals surface area (Å²) in [6.45, 7) is 1.42. The highest BCUT2D eigenvalue weighted by Crippen LogP contribution is 2.18. The SMILES string of the molecule is COc1ccc(NC(=O)COC(=O)c2ccccc2NC(=O)c2cccc(C)c2)cc1. The van der Waals surface area contributed by atoms with Crippen LogP contribution >= 0.6 is 0 Å². The van der Waals surface area contributed by atoms with Gasteiger partial charge in [-0.2, -0.15) is 0 Å². The lowest BCUT2D eigenvalue weighted by Gasteiger charge is -2.11. The second-order valence-corrected chi connectivity index (χ2v) is 6.72. The number of rotatable bonds is 7. The Bertz CT molecular complexity index is 1090. The van der Waals surface area contributed by atoms with Crippen LogP contribution < -0.4 is 15.4 Å². The molecule has 0 fully saturated rings. The Balaban J connectivity index is 1.61. The molecular weight excluding hydrogens is 396 g/mol. The summed E-state index contributed by atoms with van der Waals surface area (Å²) in [5, 5.41) is 5.35. The van der Waals surface area contributed by atoms with Crippen molar-refractivity contribution in [3.05, 3.63) is 89.5 Å².